The lowest BCUT2D eigenvalue weighted by Crippen LogP contribution is -2.14. The van der Waals surface area contributed by atoms with Crippen LogP contribution in [-0.2, 0) is 6.18 Å². The highest BCUT2D eigenvalue weighted by molar-refractivity contribution is 6.09. The summed E-state index contributed by atoms with van der Waals surface area (Å²) >= 11 is 0. The van der Waals surface area contributed by atoms with Crippen LogP contribution in [0, 0.1) is 0 Å². The molecule has 0 saturated heterocycles. The van der Waals surface area contributed by atoms with Crippen molar-refractivity contribution in [3.05, 3.63) is 108 Å². The fourth-order valence-electron chi connectivity index (χ4n) is 3.25. The average molecular weight is 450 g/mol. The van der Waals surface area contributed by atoms with Crippen LogP contribution < -0.4 is 10.6 Å². The minimum Gasteiger partial charge on any atom is -0.459 e. The number of halogens is 3. The normalized spacial score (nSPS) is 11.1. The van der Waals surface area contributed by atoms with E-state index in [4.69, 9.17) is 4.42 Å². The van der Waals surface area contributed by atoms with Crippen LogP contribution in [0.25, 0.3) is 11.1 Å². The molecule has 0 atom stereocenters. The van der Waals surface area contributed by atoms with E-state index >= 15 is 0 Å². The monoisotopic (exact) mass is 450 g/mol. The molecule has 8 heteroatoms. The zero-order valence-electron chi connectivity index (χ0n) is 17.0. The number of hydrogen-bond donors (Lipinski definition) is 2. The van der Waals surface area contributed by atoms with Crippen molar-refractivity contribution in [2.75, 3.05) is 10.6 Å². The highest BCUT2D eigenvalue weighted by atomic mass is 19.4. The third kappa shape index (κ3) is 5.12. The molecule has 0 aliphatic heterocycles. The van der Waals surface area contributed by atoms with Crippen molar-refractivity contribution in [3.8, 4) is 11.1 Å². The number of carbonyl (C=O) groups excluding carboxylic acids is 2. The van der Waals surface area contributed by atoms with E-state index in [0.717, 1.165) is 12.1 Å². The molecule has 4 rings (SSSR count). The largest absolute Gasteiger partial charge is 0.459 e. The molecule has 1 heterocycles. The van der Waals surface area contributed by atoms with E-state index in [1.165, 1.54) is 24.5 Å². The molecule has 0 spiro atoms. The molecule has 0 bridgehead atoms. The van der Waals surface area contributed by atoms with Gasteiger partial charge in [-0.25, -0.2) is 0 Å². The maximum atomic E-state index is 13.0. The molecule has 3 aromatic carbocycles. The van der Waals surface area contributed by atoms with Crippen LogP contribution in [0.15, 0.2) is 95.6 Å². The summed E-state index contributed by atoms with van der Waals surface area (Å²) < 4.78 is 43.7. The van der Waals surface area contributed by atoms with Crippen LogP contribution in [0.1, 0.15) is 26.5 Å². The van der Waals surface area contributed by atoms with Crippen LogP contribution in [0.2, 0.25) is 0 Å². The molecule has 5 nitrogen and oxygen atoms in total. The predicted octanol–water partition coefficient (Wildman–Crippen LogP) is 6.47. The standard InChI is InChI=1S/C25H17F3N2O3/c26-25(27,28)17-12-10-16(11-13-17)20-7-1-2-8-21(20)23(31)29-18-5-3-6-19(15-18)30-24(32)22-9-4-14-33-22/h1-15H,(H,29,31)(H,30,32). The van der Waals surface area contributed by atoms with Crippen LogP contribution in [0.4, 0.5) is 24.5 Å². The summed E-state index contributed by atoms with van der Waals surface area (Å²) in [7, 11) is 0. The minimum atomic E-state index is -4.44. The van der Waals surface area contributed by atoms with Gasteiger partial charge in [-0.1, -0.05) is 36.4 Å². The SMILES string of the molecule is O=C(Nc1cccc(NC(=O)c2ccccc2-c2ccc(C(F)(F)F)cc2)c1)c1ccco1. The summed E-state index contributed by atoms with van der Waals surface area (Å²) in [5, 5.41) is 5.44. The molecule has 4 aromatic rings. The van der Waals surface area contributed by atoms with Gasteiger partial charge >= 0.3 is 6.18 Å². The summed E-state index contributed by atoms with van der Waals surface area (Å²) in [4.78, 5) is 25.1. The quantitative estimate of drug-likeness (QED) is 0.366. The summed E-state index contributed by atoms with van der Waals surface area (Å²) in [5.74, 6) is -0.731. The Balaban J connectivity index is 1.53. The van der Waals surface area contributed by atoms with Crippen molar-refractivity contribution in [2.24, 2.45) is 0 Å². The maximum Gasteiger partial charge on any atom is 0.416 e. The van der Waals surface area contributed by atoms with Gasteiger partial charge in [-0.05, 0) is 59.7 Å². The fourth-order valence-corrected chi connectivity index (χ4v) is 3.25. The third-order valence-electron chi connectivity index (χ3n) is 4.82. The second-order valence-electron chi connectivity index (χ2n) is 7.09. The van der Waals surface area contributed by atoms with Gasteiger partial charge in [0.15, 0.2) is 5.76 Å². The first-order valence-corrected chi connectivity index (χ1v) is 9.84. The molecule has 0 aliphatic carbocycles. The van der Waals surface area contributed by atoms with Crippen LogP contribution in [-0.4, -0.2) is 11.8 Å². The zero-order chi connectivity index (χ0) is 23.4. The van der Waals surface area contributed by atoms with Crippen LogP contribution >= 0.6 is 0 Å². The fraction of sp³-hybridized carbons (Fsp3) is 0.0400. The number of rotatable bonds is 5. The molecule has 0 unspecified atom stereocenters. The Morgan fingerprint density at radius 1 is 0.727 bits per heavy atom. The molecule has 2 N–H and O–H groups in total. The van der Waals surface area contributed by atoms with Gasteiger partial charge in [0.1, 0.15) is 0 Å². The number of benzene rings is 3. The van der Waals surface area contributed by atoms with E-state index in [-0.39, 0.29) is 5.76 Å². The molecule has 1 aromatic heterocycles. The number of hydrogen-bond acceptors (Lipinski definition) is 3. The molecule has 2 amide bonds. The van der Waals surface area contributed by atoms with Crippen LogP contribution in [0.5, 0.6) is 0 Å². The topological polar surface area (TPSA) is 71.3 Å². The third-order valence-corrected chi connectivity index (χ3v) is 4.82. The molecule has 0 aliphatic rings. The average Bonchev–Trinajstić information content (AvgIpc) is 3.34. The summed E-state index contributed by atoms with van der Waals surface area (Å²) in [6.45, 7) is 0. The van der Waals surface area contributed by atoms with Crippen molar-refractivity contribution in [3.63, 3.8) is 0 Å². The van der Waals surface area contributed by atoms with Gasteiger partial charge in [-0.15, -0.1) is 0 Å². The molecular formula is C25H17F3N2O3. The predicted molar refractivity (Wildman–Crippen MR) is 118 cm³/mol. The number of carbonyl (C=O) groups is 2. The maximum absolute atomic E-state index is 13.0. The summed E-state index contributed by atoms with van der Waals surface area (Å²) in [6.07, 6.45) is -3.05. The number of anilines is 2. The Labute approximate surface area is 186 Å². The summed E-state index contributed by atoms with van der Waals surface area (Å²) in [5.41, 5.74) is 1.38. The number of furan rings is 1. The van der Waals surface area contributed by atoms with Crippen molar-refractivity contribution in [2.45, 2.75) is 6.18 Å². The molecule has 33 heavy (non-hydrogen) atoms. The molecular weight excluding hydrogens is 433 g/mol. The Morgan fingerprint density at radius 3 is 2.03 bits per heavy atom. The molecule has 0 saturated carbocycles. The Bertz CT molecular complexity index is 1280. The first kappa shape index (κ1) is 21.9. The van der Waals surface area contributed by atoms with E-state index in [0.29, 0.717) is 28.1 Å². The van der Waals surface area contributed by atoms with Gasteiger partial charge in [-0.3, -0.25) is 9.59 Å². The second kappa shape index (κ2) is 9.04. The first-order chi connectivity index (χ1) is 15.8. The number of nitrogens with one attached hydrogen (secondary N) is 2. The second-order valence-corrected chi connectivity index (χ2v) is 7.09. The van der Waals surface area contributed by atoms with E-state index < -0.39 is 23.6 Å². The van der Waals surface area contributed by atoms with Gasteiger partial charge < -0.3 is 15.1 Å². The molecule has 166 valence electrons. The number of alkyl halides is 3. The highest BCUT2D eigenvalue weighted by Gasteiger charge is 2.30. The van der Waals surface area contributed by atoms with Crippen molar-refractivity contribution in [1.29, 1.82) is 0 Å². The van der Waals surface area contributed by atoms with E-state index in [9.17, 15) is 22.8 Å². The van der Waals surface area contributed by atoms with E-state index in [1.807, 2.05) is 0 Å². The van der Waals surface area contributed by atoms with Gasteiger partial charge in [0, 0.05) is 16.9 Å². The lowest BCUT2D eigenvalue weighted by atomic mass is 9.98. The first-order valence-electron chi connectivity index (χ1n) is 9.84. The molecule has 0 radical (unpaired) electrons. The van der Waals surface area contributed by atoms with Crippen molar-refractivity contribution >= 4 is 23.2 Å². The summed E-state index contributed by atoms with van der Waals surface area (Å²) in [6, 6.07) is 20.9. The van der Waals surface area contributed by atoms with Crippen molar-refractivity contribution in [1.82, 2.24) is 0 Å². The van der Waals surface area contributed by atoms with Crippen molar-refractivity contribution < 1.29 is 27.2 Å². The highest BCUT2D eigenvalue weighted by Crippen LogP contribution is 2.32. The van der Waals surface area contributed by atoms with Gasteiger partial charge in [-0.2, -0.15) is 13.2 Å². The Kier molecular flexibility index (Phi) is 5.99. The zero-order valence-corrected chi connectivity index (χ0v) is 17.0. The van der Waals surface area contributed by atoms with Crippen LogP contribution in [0.3, 0.4) is 0 Å². The Hall–Kier alpha value is -4.33. The Morgan fingerprint density at radius 2 is 1.39 bits per heavy atom. The lowest BCUT2D eigenvalue weighted by Gasteiger charge is -2.12. The van der Waals surface area contributed by atoms with E-state index in [2.05, 4.69) is 10.6 Å². The lowest BCUT2D eigenvalue weighted by molar-refractivity contribution is -0.137. The minimum absolute atomic E-state index is 0.148. The van der Waals surface area contributed by atoms with Gasteiger partial charge in [0.2, 0.25) is 0 Å². The van der Waals surface area contributed by atoms with E-state index in [1.54, 1.807) is 54.6 Å². The van der Waals surface area contributed by atoms with Gasteiger partial charge in [0.05, 0.1) is 11.8 Å². The number of amides is 2. The molecule has 0 fully saturated rings. The van der Waals surface area contributed by atoms with Gasteiger partial charge in [0.25, 0.3) is 11.8 Å². The smallest absolute Gasteiger partial charge is 0.416 e.